The van der Waals surface area contributed by atoms with E-state index >= 15 is 0 Å². The molecule has 19 heavy (non-hydrogen) atoms. The van der Waals surface area contributed by atoms with Crippen LogP contribution in [0.5, 0.6) is 5.75 Å². The summed E-state index contributed by atoms with van der Waals surface area (Å²) in [6, 6.07) is 6.46. The van der Waals surface area contributed by atoms with Gasteiger partial charge in [0.25, 0.3) is 0 Å². The van der Waals surface area contributed by atoms with Crippen molar-refractivity contribution in [2.24, 2.45) is 0 Å². The summed E-state index contributed by atoms with van der Waals surface area (Å²) in [7, 11) is 0. The maximum absolute atomic E-state index is 12.0. The van der Waals surface area contributed by atoms with Gasteiger partial charge in [0.15, 0.2) is 5.13 Å². The van der Waals surface area contributed by atoms with Gasteiger partial charge in [-0.2, -0.15) is 8.78 Å². The van der Waals surface area contributed by atoms with E-state index in [1.807, 2.05) is 5.38 Å². The molecule has 3 nitrogen and oxygen atoms in total. The zero-order chi connectivity index (χ0) is 13.7. The fourth-order valence-electron chi connectivity index (χ4n) is 1.53. The molecular weight excluding hydrogens is 270 g/mol. The van der Waals surface area contributed by atoms with Crippen LogP contribution in [-0.4, -0.2) is 18.1 Å². The van der Waals surface area contributed by atoms with E-state index in [0.717, 1.165) is 29.4 Å². The number of ether oxygens (including phenoxy) is 1. The number of aromatic nitrogens is 1. The number of nitrogens with one attached hydrogen (secondary N) is 1. The Balaban J connectivity index is 2.07. The Morgan fingerprint density at radius 2 is 2.05 bits per heavy atom. The second-order valence-electron chi connectivity index (χ2n) is 3.87. The minimum absolute atomic E-state index is 0.151. The standard InChI is InChI=1S/C13H14F2N2OS/c1-2-7-16-13-17-11(8-19-13)9-3-5-10(6-4-9)18-12(14)15/h3-6,8,12H,2,7H2,1H3,(H,16,17). The van der Waals surface area contributed by atoms with Crippen molar-refractivity contribution in [1.29, 1.82) is 0 Å². The lowest BCUT2D eigenvalue weighted by Crippen LogP contribution is -2.01. The number of hydrogen-bond donors (Lipinski definition) is 1. The Morgan fingerprint density at radius 1 is 1.32 bits per heavy atom. The molecule has 2 aromatic rings. The molecule has 1 N–H and O–H groups in total. The number of halogens is 2. The molecule has 0 saturated carbocycles. The summed E-state index contributed by atoms with van der Waals surface area (Å²) in [4.78, 5) is 4.43. The second-order valence-corrected chi connectivity index (χ2v) is 4.73. The van der Waals surface area contributed by atoms with Crippen LogP contribution in [0.4, 0.5) is 13.9 Å². The Kier molecular flexibility index (Phi) is 4.68. The molecular formula is C13H14F2N2OS. The molecule has 0 atom stereocenters. The smallest absolute Gasteiger partial charge is 0.387 e. The molecule has 1 heterocycles. The van der Waals surface area contributed by atoms with Crippen LogP contribution in [0.1, 0.15) is 13.3 Å². The molecule has 0 aliphatic carbocycles. The average molecular weight is 284 g/mol. The van der Waals surface area contributed by atoms with E-state index < -0.39 is 6.61 Å². The highest BCUT2D eigenvalue weighted by Gasteiger charge is 2.06. The molecule has 2 rings (SSSR count). The molecule has 1 aromatic heterocycles. The van der Waals surface area contributed by atoms with Crippen LogP contribution in [0.3, 0.4) is 0 Å². The highest BCUT2D eigenvalue weighted by Crippen LogP contribution is 2.26. The first kappa shape index (κ1) is 13.7. The fourth-order valence-corrected chi connectivity index (χ4v) is 2.28. The van der Waals surface area contributed by atoms with Crippen LogP contribution in [0.15, 0.2) is 29.6 Å². The van der Waals surface area contributed by atoms with Crippen molar-refractivity contribution in [2.75, 3.05) is 11.9 Å². The summed E-state index contributed by atoms with van der Waals surface area (Å²) in [6.07, 6.45) is 1.04. The third-order valence-electron chi connectivity index (χ3n) is 2.41. The molecule has 0 unspecified atom stereocenters. The topological polar surface area (TPSA) is 34.2 Å². The summed E-state index contributed by atoms with van der Waals surface area (Å²) in [5, 5.41) is 6.00. The predicted molar refractivity (Wildman–Crippen MR) is 73.0 cm³/mol. The first-order valence-electron chi connectivity index (χ1n) is 5.93. The summed E-state index contributed by atoms with van der Waals surface area (Å²) in [6.45, 7) is 0.173. The third-order valence-corrected chi connectivity index (χ3v) is 3.21. The van der Waals surface area contributed by atoms with E-state index in [1.54, 1.807) is 12.1 Å². The lowest BCUT2D eigenvalue weighted by molar-refractivity contribution is -0.0498. The quantitative estimate of drug-likeness (QED) is 0.861. The minimum Gasteiger partial charge on any atom is -0.435 e. The Hall–Kier alpha value is -1.69. The normalized spacial score (nSPS) is 10.7. The molecule has 0 bridgehead atoms. The molecule has 102 valence electrons. The second kappa shape index (κ2) is 6.47. The van der Waals surface area contributed by atoms with Gasteiger partial charge in [0.05, 0.1) is 5.69 Å². The molecule has 0 fully saturated rings. The predicted octanol–water partition coefficient (Wildman–Crippen LogP) is 4.23. The summed E-state index contributed by atoms with van der Waals surface area (Å²) < 4.78 is 28.3. The van der Waals surface area contributed by atoms with Crippen molar-refractivity contribution in [1.82, 2.24) is 4.98 Å². The maximum atomic E-state index is 12.0. The molecule has 0 radical (unpaired) electrons. The number of thiazole rings is 1. The van der Waals surface area contributed by atoms with Gasteiger partial charge in [0, 0.05) is 17.5 Å². The van der Waals surface area contributed by atoms with Crippen molar-refractivity contribution in [3.05, 3.63) is 29.6 Å². The van der Waals surface area contributed by atoms with Crippen LogP contribution < -0.4 is 10.1 Å². The zero-order valence-electron chi connectivity index (χ0n) is 10.4. The molecule has 0 amide bonds. The van der Waals surface area contributed by atoms with Crippen molar-refractivity contribution >= 4 is 16.5 Å². The summed E-state index contributed by atoms with van der Waals surface area (Å²) in [5.74, 6) is 0.151. The van der Waals surface area contributed by atoms with E-state index in [0.29, 0.717) is 0 Å². The van der Waals surface area contributed by atoms with Gasteiger partial charge in [0.1, 0.15) is 5.75 Å². The molecule has 0 aliphatic heterocycles. The van der Waals surface area contributed by atoms with Gasteiger partial charge in [-0.15, -0.1) is 11.3 Å². The summed E-state index contributed by atoms with van der Waals surface area (Å²) in [5.41, 5.74) is 1.70. The zero-order valence-corrected chi connectivity index (χ0v) is 11.2. The monoisotopic (exact) mass is 284 g/mol. The minimum atomic E-state index is -2.80. The number of benzene rings is 1. The molecule has 0 saturated heterocycles. The van der Waals surface area contributed by atoms with E-state index in [-0.39, 0.29) is 5.75 Å². The SMILES string of the molecule is CCCNc1nc(-c2ccc(OC(F)F)cc2)cs1. The molecule has 1 aromatic carbocycles. The van der Waals surface area contributed by atoms with E-state index in [4.69, 9.17) is 0 Å². The van der Waals surface area contributed by atoms with Gasteiger partial charge in [0.2, 0.25) is 0 Å². The van der Waals surface area contributed by atoms with Gasteiger partial charge >= 0.3 is 6.61 Å². The Bertz CT molecular complexity index is 514. The lowest BCUT2D eigenvalue weighted by Gasteiger charge is -2.04. The van der Waals surface area contributed by atoms with Crippen LogP contribution >= 0.6 is 11.3 Å². The average Bonchev–Trinajstić information content (AvgIpc) is 2.85. The first-order chi connectivity index (χ1) is 9.19. The van der Waals surface area contributed by atoms with E-state index in [1.165, 1.54) is 23.5 Å². The molecule has 0 aliphatic rings. The van der Waals surface area contributed by atoms with Gasteiger partial charge in [-0.1, -0.05) is 6.92 Å². The molecule has 0 spiro atoms. The number of rotatable bonds is 6. The van der Waals surface area contributed by atoms with Gasteiger partial charge in [-0.05, 0) is 30.7 Å². The number of hydrogen-bond acceptors (Lipinski definition) is 4. The largest absolute Gasteiger partial charge is 0.435 e. The van der Waals surface area contributed by atoms with Crippen LogP contribution in [0.25, 0.3) is 11.3 Å². The Morgan fingerprint density at radius 3 is 2.68 bits per heavy atom. The van der Waals surface area contributed by atoms with Gasteiger partial charge < -0.3 is 10.1 Å². The number of alkyl halides is 2. The maximum Gasteiger partial charge on any atom is 0.387 e. The van der Waals surface area contributed by atoms with Gasteiger partial charge in [-0.3, -0.25) is 0 Å². The summed E-state index contributed by atoms with van der Waals surface area (Å²) >= 11 is 1.53. The number of anilines is 1. The van der Waals surface area contributed by atoms with Crippen molar-refractivity contribution in [2.45, 2.75) is 20.0 Å². The molecule has 6 heteroatoms. The van der Waals surface area contributed by atoms with Crippen molar-refractivity contribution in [3.8, 4) is 17.0 Å². The van der Waals surface area contributed by atoms with Crippen LogP contribution in [-0.2, 0) is 0 Å². The van der Waals surface area contributed by atoms with Crippen molar-refractivity contribution < 1.29 is 13.5 Å². The van der Waals surface area contributed by atoms with Crippen LogP contribution in [0, 0.1) is 0 Å². The number of nitrogens with zero attached hydrogens (tertiary/aromatic N) is 1. The Labute approximate surface area is 114 Å². The highest BCUT2D eigenvalue weighted by molar-refractivity contribution is 7.14. The van der Waals surface area contributed by atoms with Crippen molar-refractivity contribution in [3.63, 3.8) is 0 Å². The van der Waals surface area contributed by atoms with E-state index in [9.17, 15) is 8.78 Å². The first-order valence-corrected chi connectivity index (χ1v) is 6.81. The third kappa shape index (κ3) is 3.89. The highest BCUT2D eigenvalue weighted by atomic mass is 32.1. The van der Waals surface area contributed by atoms with Crippen LogP contribution in [0.2, 0.25) is 0 Å². The lowest BCUT2D eigenvalue weighted by atomic mass is 10.2. The fraction of sp³-hybridized carbons (Fsp3) is 0.308. The van der Waals surface area contributed by atoms with E-state index in [2.05, 4.69) is 22.0 Å². The van der Waals surface area contributed by atoms with Gasteiger partial charge in [-0.25, -0.2) is 4.98 Å².